The van der Waals surface area contributed by atoms with E-state index in [0.29, 0.717) is 26.2 Å². The Morgan fingerprint density at radius 2 is 2.05 bits per heavy atom. The van der Waals surface area contributed by atoms with Gasteiger partial charge in [0.05, 0.1) is 13.2 Å². The molecule has 0 bridgehead atoms. The van der Waals surface area contributed by atoms with Gasteiger partial charge in [-0.2, -0.15) is 0 Å². The van der Waals surface area contributed by atoms with Gasteiger partial charge in [-0.25, -0.2) is 0 Å². The molecule has 0 aromatic heterocycles. The molecular weight excluding hydrogens is 280 g/mol. The summed E-state index contributed by atoms with van der Waals surface area (Å²) >= 11 is 0. The lowest BCUT2D eigenvalue weighted by atomic mass is 10.0. The summed E-state index contributed by atoms with van der Waals surface area (Å²) in [6.07, 6.45) is -0.511. The molecule has 1 saturated heterocycles. The molecule has 1 aromatic rings. The zero-order valence-electron chi connectivity index (χ0n) is 13.9. The molecule has 0 aliphatic carbocycles. The summed E-state index contributed by atoms with van der Waals surface area (Å²) in [5, 5.41) is 10.1. The molecule has 5 nitrogen and oxygen atoms in total. The van der Waals surface area contributed by atoms with E-state index in [1.807, 2.05) is 6.92 Å². The van der Waals surface area contributed by atoms with Crippen LogP contribution in [0.4, 0.5) is 0 Å². The number of benzene rings is 1. The number of carbonyl (C=O) groups excluding carboxylic acids is 1. The van der Waals surface area contributed by atoms with E-state index in [9.17, 15) is 9.90 Å². The van der Waals surface area contributed by atoms with Crippen molar-refractivity contribution >= 4 is 5.91 Å². The van der Waals surface area contributed by atoms with Crippen molar-refractivity contribution < 1.29 is 14.6 Å². The quantitative estimate of drug-likeness (QED) is 0.915. The maximum atomic E-state index is 11.5. The Morgan fingerprint density at radius 1 is 1.32 bits per heavy atom. The lowest BCUT2D eigenvalue weighted by Crippen LogP contribution is -2.36. The number of aryl methyl sites for hydroxylation is 2. The highest BCUT2D eigenvalue weighted by atomic mass is 16.5. The molecule has 22 heavy (non-hydrogen) atoms. The molecule has 1 atom stereocenters. The summed E-state index contributed by atoms with van der Waals surface area (Å²) in [6, 6.07) is 4.24. The maximum absolute atomic E-state index is 11.5. The number of aliphatic hydroxyl groups excluding tert-OH is 1. The molecule has 1 aromatic carbocycles. The Hall–Kier alpha value is -1.59. The highest BCUT2D eigenvalue weighted by molar-refractivity contribution is 5.73. The molecule has 122 valence electrons. The number of nitrogens with zero attached hydrogens (tertiary/aromatic N) is 2. The minimum Gasteiger partial charge on any atom is -0.496 e. The predicted molar refractivity (Wildman–Crippen MR) is 86.0 cm³/mol. The standard InChI is InChI=1S/C17H26N2O3/c1-12-7-13(2)17(22-4)15(8-12)9-18-5-6-19(14(3)20)11-16(21)10-18/h7-8,16,21H,5-6,9-11H2,1-4H3. The number of rotatable bonds is 3. The fourth-order valence-corrected chi connectivity index (χ4v) is 3.18. The summed E-state index contributed by atoms with van der Waals surface area (Å²) < 4.78 is 5.54. The second-order valence-corrected chi connectivity index (χ2v) is 6.13. The molecule has 1 fully saturated rings. The van der Waals surface area contributed by atoms with E-state index < -0.39 is 6.10 Å². The second kappa shape index (κ2) is 7.11. The van der Waals surface area contributed by atoms with Gasteiger partial charge in [0.2, 0.25) is 5.91 Å². The SMILES string of the molecule is COc1c(C)cc(C)cc1CN1CCN(C(C)=O)CC(O)C1. The molecule has 0 radical (unpaired) electrons. The van der Waals surface area contributed by atoms with E-state index in [0.717, 1.165) is 23.4 Å². The number of methoxy groups -OCH3 is 1. The van der Waals surface area contributed by atoms with Gasteiger partial charge in [0, 0.05) is 45.2 Å². The molecule has 1 heterocycles. The minimum atomic E-state index is -0.511. The van der Waals surface area contributed by atoms with Crippen molar-refractivity contribution in [2.75, 3.05) is 33.3 Å². The molecule has 1 aliphatic heterocycles. The molecule has 0 spiro atoms. The topological polar surface area (TPSA) is 53.0 Å². The smallest absolute Gasteiger partial charge is 0.219 e. The summed E-state index contributed by atoms with van der Waals surface area (Å²) in [7, 11) is 1.69. The zero-order chi connectivity index (χ0) is 16.3. The van der Waals surface area contributed by atoms with Gasteiger partial charge in [0.1, 0.15) is 5.75 Å². The van der Waals surface area contributed by atoms with Gasteiger partial charge in [0.15, 0.2) is 0 Å². The number of hydrogen-bond acceptors (Lipinski definition) is 4. The Bertz CT molecular complexity index is 545. The number of hydrogen-bond donors (Lipinski definition) is 1. The van der Waals surface area contributed by atoms with Crippen LogP contribution in [0.5, 0.6) is 5.75 Å². The monoisotopic (exact) mass is 306 g/mol. The largest absolute Gasteiger partial charge is 0.496 e. The highest BCUT2D eigenvalue weighted by Gasteiger charge is 2.23. The van der Waals surface area contributed by atoms with Gasteiger partial charge in [-0.05, 0) is 19.4 Å². The van der Waals surface area contributed by atoms with Gasteiger partial charge in [0.25, 0.3) is 0 Å². The molecule has 1 amide bonds. The first-order chi connectivity index (χ1) is 10.4. The van der Waals surface area contributed by atoms with Crippen molar-refractivity contribution in [2.45, 2.75) is 33.4 Å². The van der Waals surface area contributed by atoms with Gasteiger partial charge in [-0.15, -0.1) is 0 Å². The lowest BCUT2D eigenvalue weighted by molar-refractivity contribution is -0.129. The molecule has 1 aliphatic rings. The van der Waals surface area contributed by atoms with Crippen LogP contribution in [-0.2, 0) is 11.3 Å². The van der Waals surface area contributed by atoms with Crippen LogP contribution in [0, 0.1) is 13.8 Å². The second-order valence-electron chi connectivity index (χ2n) is 6.13. The molecule has 5 heteroatoms. The average molecular weight is 306 g/mol. The van der Waals surface area contributed by atoms with Crippen LogP contribution >= 0.6 is 0 Å². The fourth-order valence-electron chi connectivity index (χ4n) is 3.18. The first kappa shape index (κ1) is 16.8. The van der Waals surface area contributed by atoms with Crippen LogP contribution in [0.25, 0.3) is 0 Å². The van der Waals surface area contributed by atoms with E-state index in [4.69, 9.17) is 4.74 Å². The Morgan fingerprint density at radius 3 is 2.68 bits per heavy atom. The van der Waals surface area contributed by atoms with Crippen LogP contribution in [0.15, 0.2) is 12.1 Å². The van der Waals surface area contributed by atoms with E-state index in [2.05, 4.69) is 24.0 Å². The van der Waals surface area contributed by atoms with Crippen molar-refractivity contribution in [1.29, 1.82) is 0 Å². The van der Waals surface area contributed by atoms with Crippen molar-refractivity contribution in [1.82, 2.24) is 9.80 Å². The van der Waals surface area contributed by atoms with Crippen LogP contribution in [0.1, 0.15) is 23.6 Å². The van der Waals surface area contributed by atoms with E-state index in [1.54, 1.807) is 18.9 Å². The van der Waals surface area contributed by atoms with Crippen molar-refractivity contribution in [2.24, 2.45) is 0 Å². The van der Waals surface area contributed by atoms with Crippen molar-refractivity contribution in [3.05, 3.63) is 28.8 Å². The Kier molecular flexibility index (Phi) is 5.42. The summed E-state index contributed by atoms with van der Waals surface area (Å²) in [6.45, 7) is 8.78. The highest BCUT2D eigenvalue weighted by Crippen LogP contribution is 2.26. The maximum Gasteiger partial charge on any atom is 0.219 e. The number of carbonyl (C=O) groups is 1. The van der Waals surface area contributed by atoms with Gasteiger partial charge < -0.3 is 14.7 Å². The normalized spacial score (nSPS) is 19.9. The van der Waals surface area contributed by atoms with Crippen LogP contribution in [0.2, 0.25) is 0 Å². The fraction of sp³-hybridized carbons (Fsp3) is 0.588. The van der Waals surface area contributed by atoms with E-state index >= 15 is 0 Å². The van der Waals surface area contributed by atoms with Crippen molar-refractivity contribution in [3.63, 3.8) is 0 Å². The Balaban J connectivity index is 2.15. The van der Waals surface area contributed by atoms with Crippen LogP contribution in [-0.4, -0.2) is 60.2 Å². The molecule has 0 saturated carbocycles. The predicted octanol–water partition coefficient (Wildman–Crippen LogP) is 1.34. The van der Waals surface area contributed by atoms with Gasteiger partial charge in [-0.3, -0.25) is 9.69 Å². The summed E-state index contributed by atoms with van der Waals surface area (Å²) in [5.41, 5.74) is 3.45. The zero-order valence-corrected chi connectivity index (χ0v) is 13.9. The van der Waals surface area contributed by atoms with Crippen LogP contribution in [0.3, 0.4) is 0 Å². The third-order valence-electron chi connectivity index (χ3n) is 4.13. The number of β-amino-alcohol motifs (C(OH)–C–C–N with tert-alkyl or cyclic N) is 1. The lowest BCUT2D eigenvalue weighted by Gasteiger charge is -2.23. The molecule has 1 unspecified atom stereocenters. The molecular formula is C17H26N2O3. The van der Waals surface area contributed by atoms with Crippen LogP contribution < -0.4 is 4.74 Å². The van der Waals surface area contributed by atoms with Crippen molar-refractivity contribution in [3.8, 4) is 5.75 Å². The molecule has 1 N–H and O–H groups in total. The number of aliphatic hydroxyl groups is 1. The van der Waals surface area contributed by atoms with E-state index in [1.165, 1.54) is 5.56 Å². The first-order valence-corrected chi connectivity index (χ1v) is 7.70. The van der Waals surface area contributed by atoms with Gasteiger partial charge >= 0.3 is 0 Å². The summed E-state index contributed by atoms with van der Waals surface area (Å²) in [4.78, 5) is 15.4. The first-order valence-electron chi connectivity index (χ1n) is 7.70. The van der Waals surface area contributed by atoms with Gasteiger partial charge in [-0.1, -0.05) is 17.7 Å². The number of ether oxygens (including phenoxy) is 1. The third kappa shape index (κ3) is 3.99. The molecule has 2 rings (SSSR count). The third-order valence-corrected chi connectivity index (χ3v) is 4.13. The minimum absolute atomic E-state index is 0.0184. The average Bonchev–Trinajstić information content (AvgIpc) is 2.60. The number of amides is 1. The Labute approximate surface area is 132 Å². The van der Waals surface area contributed by atoms with E-state index in [-0.39, 0.29) is 5.91 Å². The summed E-state index contributed by atoms with van der Waals surface area (Å²) in [5.74, 6) is 0.928.